The van der Waals surface area contributed by atoms with Crippen LogP contribution in [-0.4, -0.2) is 29.2 Å². The van der Waals surface area contributed by atoms with Crippen LogP contribution in [0.1, 0.15) is 17.7 Å². The predicted molar refractivity (Wildman–Crippen MR) is 62.5 cm³/mol. The third kappa shape index (κ3) is 2.79. The number of β-amino-alcohol motifs (C(OH)–C–C–N with tert-alkyl or cyclic N) is 1. The van der Waals surface area contributed by atoms with E-state index in [1.807, 2.05) is 0 Å². The first-order chi connectivity index (χ1) is 6.74. The Bertz CT molecular complexity index is 302. The SMILES string of the molecule is OC1CCCN(Cc2ccc(Br)s2)C1. The molecule has 1 unspecified atom stereocenters. The number of hydrogen-bond donors (Lipinski definition) is 1. The fourth-order valence-electron chi connectivity index (χ4n) is 1.83. The molecule has 1 N–H and O–H groups in total. The number of rotatable bonds is 2. The lowest BCUT2D eigenvalue weighted by atomic mass is 10.1. The number of piperidine rings is 1. The van der Waals surface area contributed by atoms with Crippen LogP contribution in [0, 0.1) is 0 Å². The van der Waals surface area contributed by atoms with Gasteiger partial charge in [-0.3, -0.25) is 4.90 Å². The summed E-state index contributed by atoms with van der Waals surface area (Å²) >= 11 is 5.24. The van der Waals surface area contributed by atoms with Crippen LogP contribution in [-0.2, 0) is 6.54 Å². The van der Waals surface area contributed by atoms with E-state index in [-0.39, 0.29) is 6.10 Å². The highest BCUT2D eigenvalue weighted by Crippen LogP contribution is 2.24. The van der Waals surface area contributed by atoms with Crippen LogP contribution in [0.4, 0.5) is 0 Å². The Labute approximate surface area is 96.7 Å². The minimum Gasteiger partial charge on any atom is -0.392 e. The molecule has 0 bridgehead atoms. The first kappa shape index (κ1) is 10.6. The molecule has 4 heteroatoms. The van der Waals surface area contributed by atoms with E-state index in [1.54, 1.807) is 11.3 Å². The van der Waals surface area contributed by atoms with E-state index in [0.717, 1.165) is 32.5 Å². The van der Waals surface area contributed by atoms with Gasteiger partial charge < -0.3 is 5.11 Å². The van der Waals surface area contributed by atoms with Crippen LogP contribution in [0.3, 0.4) is 0 Å². The molecule has 78 valence electrons. The number of likely N-dealkylation sites (tertiary alicyclic amines) is 1. The molecule has 1 aromatic heterocycles. The molecule has 0 aliphatic carbocycles. The maximum absolute atomic E-state index is 9.52. The number of aliphatic hydroxyl groups is 1. The number of thiophene rings is 1. The first-order valence-electron chi connectivity index (χ1n) is 4.88. The molecule has 1 aromatic rings. The van der Waals surface area contributed by atoms with Crippen molar-refractivity contribution in [3.8, 4) is 0 Å². The van der Waals surface area contributed by atoms with Gasteiger partial charge in [-0.15, -0.1) is 11.3 Å². The zero-order valence-electron chi connectivity index (χ0n) is 7.95. The van der Waals surface area contributed by atoms with Crippen LogP contribution in [0.2, 0.25) is 0 Å². The quantitative estimate of drug-likeness (QED) is 0.897. The van der Waals surface area contributed by atoms with Gasteiger partial charge in [-0.25, -0.2) is 0 Å². The minimum atomic E-state index is -0.118. The Morgan fingerprint density at radius 2 is 2.43 bits per heavy atom. The van der Waals surface area contributed by atoms with Gasteiger partial charge in [0.15, 0.2) is 0 Å². The highest BCUT2D eigenvalue weighted by atomic mass is 79.9. The predicted octanol–water partition coefficient (Wildman–Crippen LogP) is 2.47. The molecule has 1 fully saturated rings. The largest absolute Gasteiger partial charge is 0.392 e. The van der Waals surface area contributed by atoms with Gasteiger partial charge in [0.25, 0.3) is 0 Å². The first-order valence-corrected chi connectivity index (χ1v) is 6.49. The molecule has 1 aliphatic heterocycles. The molecule has 0 aromatic carbocycles. The molecule has 1 atom stereocenters. The third-order valence-corrected chi connectivity index (χ3v) is 4.10. The molecule has 0 radical (unpaired) electrons. The fraction of sp³-hybridized carbons (Fsp3) is 0.600. The Morgan fingerprint density at radius 3 is 3.07 bits per heavy atom. The molecule has 14 heavy (non-hydrogen) atoms. The monoisotopic (exact) mass is 275 g/mol. The Morgan fingerprint density at radius 1 is 1.57 bits per heavy atom. The lowest BCUT2D eigenvalue weighted by molar-refractivity contribution is 0.0673. The fourth-order valence-corrected chi connectivity index (χ4v) is 3.36. The summed E-state index contributed by atoms with van der Waals surface area (Å²) in [4.78, 5) is 3.69. The Kier molecular flexibility index (Phi) is 3.60. The van der Waals surface area contributed by atoms with Crippen molar-refractivity contribution in [3.05, 3.63) is 20.8 Å². The van der Waals surface area contributed by atoms with Gasteiger partial charge in [0.2, 0.25) is 0 Å². The van der Waals surface area contributed by atoms with Gasteiger partial charge in [0.05, 0.1) is 9.89 Å². The number of nitrogens with zero attached hydrogens (tertiary/aromatic N) is 1. The maximum Gasteiger partial charge on any atom is 0.0701 e. The molecular formula is C10H14BrNOS. The molecular weight excluding hydrogens is 262 g/mol. The maximum atomic E-state index is 9.52. The van der Waals surface area contributed by atoms with Crippen molar-refractivity contribution in [1.82, 2.24) is 4.90 Å². The van der Waals surface area contributed by atoms with Gasteiger partial charge in [0.1, 0.15) is 0 Å². The van der Waals surface area contributed by atoms with Crippen LogP contribution in [0.25, 0.3) is 0 Å². The van der Waals surface area contributed by atoms with Gasteiger partial charge in [-0.1, -0.05) is 0 Å². The zero-order valence-corrected chi connectivity index (χ0v) is 10.4. The Hall–Kier alpha value is 0.1000. The number of hydrogen-bond acceptors (Lipinski definition) is 3. The van der Waals surface area contributed by atoms with E-state index in [4.69, 9.17) is 0 Å². The highest BCUT2D eigenvalue weighted by molar-refractivity contribution is 9.11. The summed E-state index contributed by atoms with van der Waals surface area (Å²) in [5.41, 5.74) is 0. The summed E-state index contributed by atoms with van der Waals surface area (Å²) in [6, 6.07) is 4.23. The molecule has 2 heterocycles. The molecule has 0 amide bonds. The number of aliphatic hydroxyl groups excluding tert-OH is 1. The van der Waals surface area contributed by atoms with Crippen molar-refractivity contribution in [2.45, 2.75) is 25.5 Å². The van der Waals surface area contributed by atoms with E-state index < -0.39 is 0 Å². The van der Waals surface area contributed by atoms with Gasteiger partial charge >= 0.3 is 0 Å². The van der Waals surface area contributed by atoms with Crippen molar-refractivity contribution in [3.63, 3.8) is 0 Å². The van der Waals surface area contributed by atoms with Crippen LogP contribution < -0.4 is 0 Å². The second kappa shape index (κ2) is 4.75. The topological polar surface area (TPSA) is 23.5 Å². The zero-order chi connectivity index (χ0) is 9.97. The van der Waals surface area contributed by atoms with Crippen molar-refractivity contribution >= 4 is 27.3 Å². The number of halogens is 1. The van der Waals surface area contributed by atoms with E-state index in [0.29, 0.717) is 0 Å². The summed E-state index contributed by atoms with van der Waals surface area (Å²) in [6.45, 7) is 2.93. The lowest BCUT2D eigenvalue weighted by Crippen LogP contribution is -2.37. The normalized spacial score (nSPS) is 24.0. The molecule has 0 spiro atoms. The van der Waals surface area contributed by atoms with E-state index >= 15 is 0 Å². The van der Waals surface area contributed by atoms with Crippen molar-refractivity contribution in [2.75, 3.05) is 13.1 Å². The van der Waals surface area contributed by atoms with Crippen molar-refractivity contribution in [1.29, 1.82) is 0 Å². The van der Waals surface area contributed by atoms with Crippen LogP contribution >= 0.6 is 27.3 Å². The van der Waals surface area contributed by atoms with Gasteiger partial charge in [0, 0.05) is 18.0 Å². The average molecular weight is 276 g/mol. The van der Waals surface area contributed by atoms with Crippen molar-refractivity contribution < 1.29 is 5.11 Å². The second-order valence-corrected chi connectivity index (χ2v) is 6.28. The molecule has 1 saturated heterocycles. The summed E-state index contributed by atoms with van der Waals surface area (Å²) in [7, 11) is 0. The molecule has 0 saturated carbocycles. The lowest BCUT2D eigenvalue weighted by Gasteiger charge is -2.29. The standard InChI is InChI=1S/C10H14BrNOS/c11-10-4-3-9(14-10)7-12-5-1-2-8(13)6-12/h3-4,8,13H,1-2,5-7H2. The van der Waals surface area contributed by atoms with Crippen molar-refractivity contribution in [2.24, 2.45) is 0 Å². The van der Waals surface area contributed by atoms with E-state index in [1.165, 1.54) is 8.66 Å². The van der Waals surface area contributed by atoms with Crippen LogP contribution in [0.5, 0.6) is 0 Å². The van der Waals surface area contributed by atoms with Gasteiger partial charge in [-0.2, -0.15) is 0 Å². The molecule has 2 rings (SSSR count). The summed E-state index contributed by atoms with van der Waals surface area (Å²) in [5, 5.41) is 9.52. The molecule has 1 aliphatic rings. The molecule has 2 nitrogen and oxygen atoms in total. The average Bonchev–Trinajstić information content (AvgIpc) is 2.51. The minimum absolute atomic E-state index is 0.118. The van der Waals surface area contributed by atoms with E-state index in [2.05, 4.69) is 33.0 Å². The third-order valence-electron chi connectivity index (χ3n) is 2.49. The van der Waals surface area contributed by atoms with Gasteiger partial charge in [-0.05, 0) is 47.4 Å². The second-order valence-electron chi connectivity index (χ2n) is 3.74. The highest BCUT2D eigenvalue weighted by Gasteiger charge is 2.17. The summed E-state index contributed by atoms with van der Waals surface area (Å²) < 4.78 is 1.19. The smallest absolute Gasteiger partial charge is 0.0701 e. The summed E-state index contributed by atoms with van der Waals surface area (Å²) in [5.74, 6) is 0. The summed E-state index contributed by atoms with van der Waals surface area (Å²) in [6.07, 6.45) is 1.96. The van der Waals surface area contributed by atoms with E-state index in [9.17, 15) is 5.11 Å². The Balaban J connectivity index is 1.90. The van der Waals surface area contributed by atoms with Crippen LogP contribution in [0.15, 0.2) is 15.9 Å².